The van der Waals surface area contributed by atoms with E-state index in [2.05, 4.69) is 22.5 Å². The van der Waals surface area contributed by atoms with E-state index in [1.165, 1.54) is 18.4 Å². The molecule has 1 aliphatic heterocycles. The van der Waals surface area contributed by atoms with Crippen LogP contribution in [0.5, 0.6) is 0 Å². The molecule has 9 heteroatoms. The van der Waals surface area contributed by atoms with Gasteiger partial charge in [-0.05, 0) is 24.6 Å². The molecule has 0 radical (unpaired) electrons. The third kappa shape index (κ3) is 3.84. The summed E-state index contributed by atoms with van der Waals surface area (Å²) in [6.45, 7) is 5.08. The summed E-state index contributed by atoms with van der Waals surface area (Å²) < 4.78 is 33.6. The van der Waals surface area contributed by atoms with Crippen LogP contribution < -0.4 is 0 Å². The van der Waals surface area contributed by atoms with Crippen molar-refractivity contribution in [3.05, 3.63) is 24.0 Å². The van der Waals surface area contributed by atoms with Crippen molar-refractivity contribution in [1.29, 1.82) is 5.26 Å². The average molecular weight is 391 g/mol. The van der Waals surface area contributed by atoms with Gasteiger partial charge in [-0.2, -0.15) is 5.26 Å². The molecular weight excluding hydrogens is 366 g/mol. The van der Waals surface area contributed by atoms with Gasteiger partial charge in [-0.3, -0.25) is 4.90 Å². The molecule has 1 aromatic carbocycles. The number of aromatic nitrogens is 2. The van der Waals surface area contributed by atoms with E-state index in [1.807, 2.05) is 6.07 Å². The van der Waals surface area contributed by atoms with Gasteiger partial charge in [0.15, 0.2) is 0 Å². The number of sulfonamides is 1. The van der Waals surface area contributed by atoms with Crippen LogP contribution >= 0.6 is 0 Å². The van der Waals surface area contributed by atoms with E-state index < -0.39 is 10.0 Å². The lowest BCUT2D eigenvalue weighted by Crippen LogP contribution is -2.44. The number of nitriles is 1. The van der Waals surface area contributed by atoms with Crippen molar-refractivity contribution in [2.45, 2.75) is 37.4 Å². The SMILES string of the molecule is CCCn1c(CN2CCOC[C@H]2C#N)nc2cc(S(=O)(=O)N(C)C)ccc21. The van der Waals surface area contributed by atoms with Gasteiger partial charge in [0.1, 0.15) is 11.9 Å². The van der Waals surface area contributed by atoms with Crippen LogP contribution in [-0.2, 0) is 27.8 Å². The van der Waals surface area contributed by atoms with Gasteiger partial charge < -0.3 is 9.30 Å². The number of imidazole rings is 1. The fraction of sp³-hybridized carbons (Fsp3) is 0.556. The van der Waals surface area contributed by atoms with Crippen LogP contribution in [0.3, 0.4) is 0 Å². The second-order valence-electron chi connectivity index (χ2n) is 6.81. The first-order chi connectivity index (χ1) is 12.9. The monoisotopic (exact) mass is 391 g/mol. The van der Waals surface area contributed by atoms with Gasteiger partial charge in [0.2, 0.25) is 10.0 Å². The number of benzene rings is 1. The highest BCUT2D eigenvalue weighted by atomic mass is 32.2. The lowest BCUT2D eigenvalue weighted by molar-refractivity contribution is 0.00736. The van der Waals surface area contributed by atoms with Crippen LogP contribution in [0.4, 0.5) is 0 Å². The van der Waals surface area contributed by atoms with E-state index in [1.54, 1.807) is 12.1 Å². The molecule has 2 aromatic rings. The summed E-state index contributed by atoms with van der Waals surface area (Å²) >= 11 is 0. The summed E-state index contributed by atoms with van der Waals surface area (Å²) in [6, 6.07) is 7.06. The largest absolute Gasteiger partial charge is 0.377 e. The van der Waals surface area contributed by atoms with Gasteiger partial charge in [0.05, 0.1) is 41.8 Å². The van der Waals surface area contributed by atoms with E-state index >= 15 is 0 Å². The maximum Gasteiger partial charge on any atom is 0.242 e. The average Bonchev–Trinajstić information content (AvgIpc) is 2.99. The third-order valence-corrected chi connectivity index (χ3v) is 6.57. The zero-order chi connectivity index (χ0) is 19.6. The maximum atomic E-state index is 12.4. The topological polar surface area (TPSA) is 91.5 Å². The minimum absolute atomic E-state index is 0.231. The van der Waals surface area contributed by atoms with Crippen LogP contribution in [-0.4, -0.2) is 67.1 Å². The highest BCUT2D eigenvalue weighted by Gasteiger charge is 2.25. The van der Waals surface area contributed by atoms with Crippen molar-refractivity contribution in [3.8, 4) is 6.07 Å². The van der Waals surface area contributed by atoms with Crippen molar-refractivity contribution in [1.82, 2.24) is 18.8 Å². The van der Waals surface area contributed by atoms with Gasteiger partial charge in [0.25, 0.3) is 0 Å². The minimum Gasteiger partial charge on any atom is -0.377 e. The second-order valence-corrected chi connectivity index (χ2v) is 8.96. The zero-order valence-corrected chi connectivity index (χ0v) is 16.7. The summed E-state index contributed by atoms with van der Waals surface area (Å²) in [6.07, 6.45) is 0.932. The lowest BCUT2D eigenvalue weighted by Gasteiger charge is -2.30. The number of morpholine rings is 1. The Bertz CT molecular complexity index is 961. The second kappa shape index (κ2) is 7.94. The van der Waals surface area contributed by atoms with Gasteiger partial charge >= 0.3 is 0 Å². The number of rotatable bonds is 6. The zero-order valence-electron chi connectivity index (χ0n) is 15.9. The number of hydrogen-bond acceptors (Lipinski definition) is 6. The maximum absolute atomic E-state index is 12.4. The van der Waals surface area contributed by atoms with E-state index in [-0.39, 0.29) is 10.9 Å². The van der Waals surface area contributed by atoms with Crippen molar-refractivity contribution >= 4 is 21.1 Å². The molecule has 1 atom stereocenters. The van der Waals surface area contributed by atoms with Gasteiger partial charge in [-0.15, -0.1) is 0 Å². The van der Waals surface area contributed by atoms with Crippen molar-refractivity contribution in [3.63, 3.8) is 0 Å². The Labute approximate surface area is 160 Å². The first-order valence-corrected chi connectivity index (χ1v) is 10.5. The van der Waals surface area contributed by atoms with E-state index in [9.17, 15) is 13.7 Å². The van der Waals surface area contributed by atoms with E-state index in [0.29, 0.717) is 31.8 Å². The number of hydrogen-bond donors (Lipinski definition) is 0. The fourth-order valence-electron chi connectivity index (χ4n) is 3.25. The first-order valence-electron chi connectivity index (χ1n) is 9.01. The molecular formula is C18H25N5O3S. The number of nitrogens with zero attached hydrogens (tertiary/aromatic N) is 5. The Balaban J connectivity index is 2.02. The molecule has 27 heavy (non-hydrogen) atoms. The Morgan fingerprint density at radius 1 is 1.41 bits per heavy atom. The van der Waals surface area contributed by atoms with Gasteiger partial charge in [0, 0.05) is 27.2 Å². The van der Waals surface area contributed by atoms with E-state index in [4.69, 9.17) is 9.72 Å². The molecule has 3 rings (SSSR count). The Morgan fingerprint density at radius 2 is 2.19 bits per heavy atom. The molecule has 1 fully saturated rings. The molecule has 1 aliphatic rings. The van der Waals surface area contributed by atoms with Crippen molar-refractivity contribution < 1.29 is 13.2 Å². The number of ether oxygens (including phenoxy) is 1. The molecule has 2 heterocycles. The fourth-order valence-corrected chi connectivity index (χ4v) is 4.17. The number of aryl methyl sites for hydroxylation is 1. The smallest absolute Gasteiger partial charge is 0.242 e. The summed E-state index contributed by atoms with van der Waals surface area (Å²) in [5.74, 6) is 0.841. The quantitative estimate of drug-likeness (QED) is 0.740. The van der Waals surface area contributed by atoms with Crippen molar-refractivity contribution in [2.75, 3.05) is 33.9 Å². The molecule has 146 valence electrons. The molecule has 8 nitrogen and oxygen atoms in total. The van der Waals surface area contributed by atoms with Crippen LogP contribution in [0.15, 0.2) is 23.1 Å². The minimum atomic E-state index is -3.51. The lowest BCUT2D eigenvalue weighted by atomic mass is 10.2. The van der Waals surface area contributed by atoms with Crippen LogP contribution in [0.1, 0.15) is 19.2 Å². The summed E-state index contributed by atoms with van der Waals surface area (Å²) in [5, 5.41) is 9.36. The van der Waals surface area contributed by atoms with Crippen molar-refractivity contribution in [2.24, 2.45) is 0 Å². The van der Waals surface area contributed by atoms with E-state index in [0.717, 1.165) is 24.3 Å². The van der Waals surface area contributed by atoms with Gasteiger partial charge in [-0.1, -0.05) is 6.92 Å². The molecule has 0 N–H and O–H groups in total. The normalized spacial score (nSPS) is 18.9. The predicted octanol–water partition coefficient (Wildman–Crippen LogP) is 1.42. The molecule has 1 aromatic heterocycles. The summed E-state index contributed by atoms with van der Waals surface area (Å²) in [7, 11) is -0.480. The highest BCUT2D eigenvalue weighted by molar-refractivity contribution is 7.89. The van der Waals surface area contributed by atoms with Gasteiger partial charge in [-0.25, -0.2) is 17.7 Å². The third-order valence-electron chi connectivity index (χ3n) is 4.76. The summed E-state index contributed by atoms with van der Waals surface area (Å²) in [4.78, 5) is 7.01. The Hall–Kier alpha value is -1.99. The van der Waals surface area contributed by atoms with Crippen LogP contribution in [0.2, 0.25) is 0 Å². The molecule has 0 bridgehead atoms. The standard InChI is InChI=1S/C18H25N5O3S/c1-4-7-23-17-6-5-15(27(24,25)21(2)3)10-16(17)20-18(23)12-22-8-9-26-13-14(22)11-19/h5-6,10,14H,4,7-9,12-13H2,1-3H3/t14-/m1/s1. The van der Waals surface area contributed by atoms with Crippen LogP contribution in [0, 0.1) is 11.3 Å². The predicted molar refractivity (Wildman–Crippen MR) is 102 cm³/mol. The number of fused-ring (bicyclic) bond motifs is 1. The molecule has 0 spiro atoms. The molecule has 0 unspecified atom stereocenters. The highest BCUT2D eigenvalue weighted by Crippen LogP contribution is 2.24. The first kappa shape index (κ1) is 19.8. The molecule has 0 amide bonds. The molecule has 1 saturated heterocycles. The Kier molecular flexibility index (Phi) is 5.81. The summed E-state index contributed by atoms with van der Waals surface area (Å²) in [5.41, 5.74) is 1.56. The van der Waals surface area contributed by atoms with Crippen LogP contribution in [0.25, 0.3) is 11.0 Å². The Morgan fingerprint density at radius 3 is 2.85 bits per heavy atom. The molecule has 0 aliphatic carbocycles. The molecule has 0 saturated carbocycles.